The van der Waals surface area contributed by atoms with E-state index >= 15 is 0 Å². The predicted molar refractivity (Wildman–Crippen MR) is 218 cm³/mol. The van der Waals surface area contributed by atoms with Crippen LogP contribution in [-0.4, -0.2) is 65.3 Å². The molecule has 0 aromatic rings. The summed E-state index contributed by atoms with van der Waals surface area (Å²) in [4.78, 5) is 0. The van der Waals surface area contributed by atoms with Crippen molar-refractivity contribution in [3.05, 3.63) is 46.6 Å². The number of hydrogen-bond acceptors (Lipinski definition) is 6. The van der Waals surface area contributed by atoms with E-state index < -0.39 is 28.0 Å². The number of allylic oxidation sites excluding steroid dienone is 7. The van der Waals surface area contributed by atoms with E-state index in [0.717, 1.165) is 83.5 Å². The topological polar surface area (TPSA) is 121 Å². The number of hydrogen-bond donors (Lipinski definition) is 6. The van der Waals surface area contributed by atoms with Gasteiger partial charge in [0.2, 0.25) is 0 Å². The van der Waals surface area contributed by atoms with Crippen LogP contribution in [0, 0.1) is 0 Å². The van der Waals surface area contributed by atoms with Crippen LogP contribution >= 0.6 is 0 Å². The quantitative estimate of drug-likeness (QED) is 0.0411. The van der Waals surface area contributed by atoms with Gasteiger partial charge in [-0.05, 0) is 204 Å². The smallest absolute Gasteiger partial charge is 0.0622 e. The second-order valence-electron chi connectivity index (χ2n) is 18.0. The van der Waals surface area contributed by atoms with Crippen molar-refractivity contribution < 1.29 is 30.6 Å². The normalized spacial score (nSPS) is 19.1. The second kappa shape index (κ2) is 24.9. The summed E-state index contributed by atoms with van der Waals surface area (Å²) < 4.78 is 0. The first-order valence-electron chi connectivity index (χ1n) is 20.3. The summed E-state index contributed by atoms with van der Waals surface area (Å²) in [5.41, 5.74) is 1.32. The molecule has 0 heterocycles. The first-order valence-corrected chi connectivity index (χ1v) is 20.3. The first-order chi connectivity index (χ1) is 23.5. The molecule has 0 aliphatic heterocycles. The third-order valence-electron chi connectivity index (χ3n) is 10.7. The lowest BCUT2D eigenvalue weighted by Crippen LogP contribution is -2.30. The molecular weight excluding hydrogens is 636 g/mol. The van der Waals surface area contributed by atoms with Crippen molar-refractivity contribution in [2.45, 2.75) is 232 Å². The van der Waals surface area contributed by atoms with E-state index in [0.29, 0.717) is 51.4 Å². The van der Waals surface area contributed by atoms with Crippen molar-refractivity contribution in [1.29, 1.82) is 0 Å². The molecule has 0 saturated heterocycles. The molecule has 300 valence electrons. The van der Waals surface area contributed by atoms with Crippen molar-refractivity contribution in [2.75, 3.05) is 6.61 Å². The molecule has 0 aromatic carbocycles. The molecule has 0 rings (SSSR count). The van der Waals surface area contributed by atoms with Crippen LogP contribution in [0.2, 0.25) is 0 Å². The maximum absolute atomic E-state index is 11.0. The maximum Gasteiger partial charge on any atom is 0.0622 e. The summed E-state index contributed by atoms with van der Waals surface area (Å²) in [5.74, 6) is 0. The Balaban J connectivity index is 4.33. The summed E-state index contributed by atoms with van der Waals surface area (Å²) >= 11 is 0. The Morgan fingerprint density at radius 1 is 0.373 bits per heavy atom. The van der Waals surface area contributed by atoms with Crippen LogP contribution in [0.25, 0.3) is 0 Å². The molecule has 0 spiro atoms. The molecule has 0 bridgehead atoms. The molecule has 0 amide bonds. The third-order valence-corrected chi connectivity index (χ3v) is 10.7. The summed E-state index contributed by atoms with van der Waals surface area (Å²) in [6, 6.07) is 0. The molecule has 0 unspecified atom stereocenters. The van der Waals surface area contributed by atoms with Gasteiger partial charge in [0, 0.05) is 0 Å². The standard InChI is InChI=1S/C45H84O6/c1-37(2)19-13-26-41(6,47)28-15-30-43(8,49)32-17-34-45(10,51)35-18-33-44(9,50)31-16-29-42(7,48)27-14-24-39(4)22-11-20-38(3)21-12-23-40(5)25-36-46/h19,21-22,25,46-51H,11-18,20,23-24,26-36H2,1-10H3/b38-21+,39-22+,40-25+/t41-,42-,43-,44+,45-/m0/s1. The van der Waals surface area contributed by atoms with Crippen LogP contribution in [0.5, 0.6) is 0 Å². The minimum atomic E-state index is -0.843. The largest absolute Gasteiger partial charge is 0.392 e. The summed E-state index contributed by atoms with van der Waals surface area (Å²) in [6.45, 7) is 20.1. The highest BCUT2D eigenvalue weighted by atomic mass is 16.3. The average Bonchev–Trinajstić information content (AvgIpc) is 2.96. The van der Waals surface area contributed by atoms with Gasteiger partial charge < -0.3 is 30.6 Å². The van der Waals surface area contributed by atoms with Gasteiger partial charge in [0.1, 0.15) is 0 Å². The SMILES string of the molecule is CC(C)=CCC[C@](C)(O)CCC[C@](C)(O)CCC[C@](C)(O)CCC[C@](C)(O)CCC[C@@](C)(O)CCC/C(C)=C/CC/C(C)=C/CC/C(C)=C/CO. The highest BCUT2D eigenvalue weighted by Crippen LogP contribution is 2.31. The third kappa shape index (κ3) is 29.8. The van der Waals surface area contributed by atoms with Crippen LogP contribution < -0.4 is 0 Å². The van der Waals surface area contributed by atoms with Crippen molar-refractivity contribution in [3.8, 4) is 0 Å². The van der Waals surface area contributed by atoms with Gasteiger partial charge in [-0.25, -0.2) is 0 Å². The van der Waals surface area contributed by atoms with Gasteiger partial charge in [-0.15, -0.1) is 0 Å². The Kier molecular flexibility index (Phi) is 24.3. The van der Waals surface area contributed by atoms with E-state index in [1.165, 1.54) is 22.3 Å². The predicted octanol–water partition coefficient (Wildman–Crippen LogP) is 10.7. The first kappa shape index (κ1) is 49.7. The van der Waals surface area contributed by atoms with Gasteiger partial charge in [0.05, 0.1) is 34.6 Å². The minimum absolute atomic E-state index is 0.115. The zero-order chi connectivity index (χ0) is 39.2. The molecule has 0 radical (unpaired) electrons. The Hall–Kier alpha value is -1.28. The number of aliphatic hydroxyl groups excluding tert-OH is 1. The van der Waals surface area contributed by atoms with Crippen LogP contribution in [-0.2, 0) is 0 Å². The van der Waals surface area contributed by atoms with Crippen LogP contribution in [0.3, 0.4) is 0 Å². The summed E-state index contributed by atoms with van der Waals surface area (Å²) in [6.07, 6.45) is 25.0. The van der Waals surface area contributed by atoms with Gasteiger partial charge >= 0.3 is 0 Å². The van der Waals surface area contributed by atoms with Gasteiger partial charge in [0.15, 0.2) is 0 Å². The van der Waals surface area contributed by atoms with E-state index in [4.69, 9.17) is 5.11 Å². The fraction of sp³-hybridized carbons (Fsp3) is 0.822. The Bertz CT molecular complexity index is 1050. The van der Waals surface area contributed by atoms with Crippen molar-refractivity contribution in [2.24, 2.45) is 0 Å². The lowest BCUT2D eigenvalue weighted by molar-refractivity contribution is -0.00579. The molecule has 6 nitrogen and oxygen atoms in total. The Labute approximate surface area is 315 Å². The minimum Gasteiger partial charge on any atom is -0.392 e. The molecule has 0 aliphatic rings. The van der Waals surface area contributed by atoms with Gasteiger partial charge in [0.25, 0.3) is 0 Å². The van der Waals surface area contributed by atoms with Gasteiger partial charge in [-0.3, -0.25) is 0 Å². The van der Waals surface area contributed by atoms with Crippen LogP contribution in [0.15, 0.2) is 46.6 Å². The number of rotatable bonds is 30. The van der Waals surface area contributed by atoms with Gasteiger partial charge in [-0.1, -0.05) is 46.6 Å². The average molecular weight is 721 g/mol. The molecule has 0 aromatic heterocycles. The molecule has 51 heavy (non-hydrogen) atoms. The lowest BCUT2D eigenvalue weighted by Gasteiger charge is -2.30. The van der Waals surface area contributed by atoms with Crippen LogP contribution in [0.1, 0.15) is 204 Å². The molecular formula is C45H84O6. The molecule has 6 N–H and O–H groups in total. The lowest BCUT2D eigenvalue weighted by atomic mass is 9.84. The highest BCUT2D eigenvalue weighted by molar-refractivity contribution is 5.06. The van der Waals surface area contributed by atoms with Crippen LogP contribution in [0.4, 0.5) is 0 Å². The molecule has 0 fully saturated rings. The van der Waals surface area contributed by atoms with Crippen molar-refractivity contribution >= 4 is 0 Å². The fourth-order valence-corrected chi connectivity index (χ4v) is 7.00. The van der Waals surface area contributed by atoms with E-state index in [1.807, 2.05) is 40.7 Å². The summed E-state index contributed by atoms with van der Waals surface area (Å²) in [5, 5.41) is 63.6. The molecule has 5 atom stereocenters. The zero-order valence-electron chi connectivity index (χ0n) is 35.0. The van der Waals surface area contributed by atoms with E-state index in [9.17, 15) is 25.5 Å². The van der Waals surface area contributed by atoms with Gasteiger partial charge in [-0.2, -0.15) is 0 Å². The van der Waals surface area contributed by atoms with E-state index in [2.05, 4.69) is 52.8 Å². The molecule has 0 aliphatic carbocycles. The fourth-order valence-electron chi connectivity index (χ4n) is 7.00. The molecule has 0 saturated carbocycles. The van der Waals surface area contributed by atoms with Crippen molar-refractivity contribution in [1.82, 2.24) is 0 Å². The number of aliphatic hydroxyl groups is 6. The highest BCUT2D eigenvalue weighted by Gasteiger charge is 2.28. The monoisotopic (exact) mass is 721 g/mol. The Morgan fingerprint density at radius 2 is 0.667 bits per heavy atom. The van der Waals surface area contributed by atoms with E-state index in [1.54, 1.807) is 0 Å². The zero-order valence-corrected chi connectivity index (χ0v) is 35.0. The van der Waals surface area contributed by atoms with E-state index in [-0.39, 0.29) is 6.61 Å². The maximum atomic E-state index is 11.0. The summed E-state index contributed by atoms with van der Waals surface area (Å²) in [7, 11) is 0. The molecule has 6 heteroatoms. The second-order valence-corrected chi connectivity index (χ2v) is 18.0. The Morgan fingerprint density at radius 3 is 1.00 bits per heavy atom. The van der Waals surface area contributed by atoms with Crippen molar-refractivity contribution in [3.63, 3.8) is 0 Å².